The lowest BCUT2D eigenvalue weighted by Gasteiger charge is -2.09. The van der Waals surface area contributed by atoms with Crippen molar-refractivity contribution in [2.45, 2.75) is 0 Å². The van der Waals surface area contributed by atoms with Gasteiger partial charge in [0.15, 0.2) is 6.61 Å². The van der Waals surface area contributed by atoms with Crippen molar-refractivity contribution < 1.29 is 9.53 Å². The van der Waals surface area contributed by atoms with Crippen LogP contribution in [0.1, 0.15) is 5.56 Å². The van der Waals surface area contributed by atoms with Gasteiger partial charge in [-0.15, -0.1) is 0 Å². The zero-order valence-corrected chi connectivity index (χ0v) is 12.2. The molecule has 0 bridgehead atoms. The van der Waals surface area contributed by atoms with Crippen molar-refractivity contribution in [3.63, 3.8) is 0 Å². The van der Waals surface area contributed by atoms with Gasteiger partial charge < -0.3 is 10.1 Å². The molecule has 0 atom stereocenters. The quantitative estimate of drug-likeness (QED) is 0.860. The summed E-state index contributed by atoms with van der Waals surface area (Å²) in [5.41, 5.74) is 1.22. The van der Waals surface area contributed by atoms with E-state index in [4.69, 9.17) is 15.3 Å². The van der Waals surface area contributed by atoms with Crippen molar-refractivity contribution in [1.82, 2.24) is 0 Å². The molecule has 1 N–H and O–H groups in total. The number of nitrogens with zero attached hydrogens (tertiary/aromatic N) is 2. The summed E-state index contributed by atoms with van der Waals surface area (Å²) in [7, 11) is 0. The molecule has 1 amide bonds. The first-order chi connectivity index (χ1) is 11.2. The second kappa shape index (κ2) is 8.02. The summed E-state index contributed by atoms with van der Waals surface area (Å²) >= 11 is 0. The lowest BCUT2D eigenvalue weighted by atomic mass is 10.1. The molecule has 5 heteroatoms. The van der Waals surface area contributed by atoms with Gasteiger partial charge in [-0.05, 0) is 24.3 Å². The van der Waals surface area contributed by atoms with E-state index in [1.54, 1.807) is 48.5 Å². The second-order valence-corrected chi connectivity index (χ2v) is 4.52. The summed E-state index contributed by atoms with van der Waals surface area (Å²) in [6.45, 7) is -0.172. The number of amides is 1. The maximum atomic E-state index is 11.9. The van der Waals surface area contributed by atoms with Crippen molar-refractivity contribution in [2.75, 3.05) is 11.9 Å². The van der Waals surface area contributed by atoms with Crippen LogP contribution in [0.3, 0.4) is 0 Å². The summed E-state index contributed by atoms with van der Waals surface area (Å²) < 4.78 is 5.49. The van der Waals surface area contributed by atoms with E-state index in [-0.39, 0.29) is 18.1 Å². The number of benzene rings is 2. The summed E-state index contributed by atoms with van der Waals surface area (Å²) in [4.78, 5) is 11.9. The predicted octanol–water partition coefficient (Wildman–Crippen LogP) is 3.13. The Balaban J connectivity index is 2.04. The molecule has 23 heavy (non-hydrogen) atoms. The third-order valence-corrected chi connectivity index (χ3v) is 2.88. The molecule has 0 spiro atoms. The standard InChI is InChI=1S/C18H13N3O2/c19-11-14(12-20)10-15-6-4-5-9-17(15)23-13-18(22)21-16-7-2-1-3-8-16/h1-10H,13H2,(H,21,22). The zero-order valence-electron chi connectivity index (χ0n) is 12.2. The van der Waals surface area contributed by atoms with E-state index in [1.165, 1.54) is 6.08 Å². The van der Waals surface area contributed by atoms with Crippen molar-refractivity contribution in [2.24, 2.45) is 0 Å². The van der Waals surface area contributed by atoms with Crippen LogP contribution in [0.2, 0.25) is 0 Å². The molecule has 5 nitrogen and oxygen atoms in total. The molecule has 0 saturated heterocycles. The van der Waals surface area contributed by atoms with Gasteiger partial charge >= 0.3 is 0 Å². The Bertz CT molecular complexity index is 783. The van der Waals surface area contributed by atoms with Gasteiger partial charge in [-0.1, -0.05) is 36.4 Å². The fourth-order valence-corrected chi connectivity index (χ4v) is 1.84. The van der Waals surface area contributed by atoms with Crippen LogP contribution >= 0.6 is 0 Å². The molecule has 0 aliphatic rings. The minimum absolute atomic E-state index is 0.0326. The van der Waals surface area contributed by atoms with Gasteiger partial charge in [0.05, 0.1) is 0 Å². The van der Waals surface area contributed by atoms with Crippen LogP contribution in [0.15, 0.2) is 60.2 Å². The van der Waals surface area contributed by atoms with E-state index >= 15 is 0 Å². The van der Waals surface area contributed by atoms with Gasteiger partial charge in [0.1, 0.15) is 23.5 Å². The van der Waals surface area contributed by atoms with Crippen molar-refractivity contribution in [3.05, 3.63) is 65.7 Å². The number of carbonyl (C=O) groups excluding carboxylic acids is 1. The number of para-hydroxylation sites is 2. The average molecular weight is 303 g/mol. The van der Waals surface area contributed by atoms with Crippen LogP contribution in [-0.2, 0) is 4.79 Å². The lowest BCUT2D eigenvalue weighted by Crippen LogP contribution is -2.20. The molecule has 112 valence electrons. The molecule has 0 fully saturated rings. The Labute approximate surface area is 134 Å². The first-order valence-corrected chi connectivity index (χ1v) is 6.81. The number of allylic oxidation sites excluding steroid dienone is 1. The van der Waals surface area contributed by atoms with Gasteiger partial charge in [-0.2, -0.15) is 10.5 Å². The first kappa shape index (κ1) is 15.8. The van der Waals surface area contributed by atoms with Crippen molar-refractivity contribution >= 4 is 17.7 Å². The van der Waals surface area contributed by atoms with E-state index < -0.39 is 0 Å². The Morgan fingerprint density at radius 1 is 1.04 bits per heavy atom. The number of nitrogens with one attached hydrogen (secondary N) is 1. The molecular weight excluding hydrogens is 290 g/mol. The lowest BCUT2D eigenvalue weighted by molar-refractivity contribution is -0.118. The number of hydrogen-bond acceptors (Lipinski definition) is 4. The third kappa shape index (κ3) is 4.73. The minimum atomic E-state index is -0.296. The van der Waals surface area contributed by atoms with E-state index in [2.05, 4.69) is 5.32 Å². The molecule has 2 rings (SSSR count). The number of carbonyl (C=O) groups is 1. The number of nitriles is 2. The minimum Gasteiger partial charge on any atom is -0.483 e. The molecule has 0 radical (unpaired) electrons. The van der Waals surface area contributed by atoms with E-state index in [9.17, 15) is 4.79 Å². The molecule has 0 unspecified atom stereocenters. The van der Waals surface area contributed by atoms with E-state index in [1.807, 2.05) is 18.2 Å². The molecule has 0 aromatic heterocycles. The predicted molar refractivity (Wildman–Crippen MR) is 86.2 cm³/mol. The van der Waals surface area contributed by atoms with Gasteiger partial charge in [-0.25, -0.2) is 0 Å². The van der Waals surface area contributed by atoms with Crippen LogP contribution < -0.4 is 10.1 Å². The van der Waals surface area contributed by atoms with Crippen LogP contribution in [-0.4, -0.2) is 12.5 Å². The fourth-order valence-electron chi connectivity index (χ4n) is 1.84. The maximum Gasteiger partial charge on any atom is 0.262 e. The summed E-state index contributed by atoms with van der Waals surface area (Å²) in [5.74, 6) is 0.134. The van der Waals surface area contributed by atoms with Crippen LogP contribution in [0.25, 0.3) is 6.08 Å². The van der Waals surface area contributed by atoms with Crippen LogP contribution in [0.5, 0.6) is 5.75 Å². The SMILES string of the molecule is N#CC(C#N)=Cc1ccccc1OCC(=O)Nc1ccccc1. The number of ether oxygens (including phenoxy) is 1. The Hall–Kier alpha value is -3.57. The van der Waals surface area contributed by atoms with Gasteiger partial charge in [0.2, 0.25) is 0 Å². The van der Waals surface area contributed by atoms with Crippen LogP contribution in [0.4, 0.5) is 5.69 Å². The van der Waals surface area contributed by atoms with E-state index in [0.29, 0.717) is 17.0 Å². The van der Waals surface area contributed by atoms with E-state index in [0.717, 1.165) is 0 Å². The molecule has 2 aromatic carbocycles. The molecule has 0 saturated carbocycles. The zero-order chi connectivity index (χ0) is 16.5. The maximum absolute atomic E-state index is 11.9. The van der Waals surface area contributed by atoms with Crippen LogP contribution in [0, 0.1) is 22.7 Å². The van der Waals surface area contributed by atoms with Crippen molar-refractivity contribution in [1.29, 1.82) is 10.5 Å². The molecule has 0 aliphatic heterocycles. The number of rotatable bonds is 5. The highest BCUT2D eigenvalue weighted by molar-refractivity contribution is 5.91. The normalized spacial score (nSPS) is 9.13. The molecule has 2 aromatic rings. The largest absolute Gasteiger partial charge is 0.483 e. The summed E-state index contributed by atoms with van der Waals surface area (Å²) in [6, 6.07) is 19.5. The smallest absolute Gasteiger partial charge is 0.262 e. The third-order valence-electron chi connectivity index (χ3n) is 2.88. The highest BCUT2D eigenvalue weighted by Crippen LogP contribution is 2.20. The van der Waals surface area contributed by atoms with Gasteiger partial charge in [0.25, 0.3) is 5.91 Å². The first-order valence-electron chi connectivity index (χ1n) is 6.81. The van der Waals surface area contributed by atoms with Gasteiger partial charge in [0, 0.05) is 11.3 Å². The highest BCUT2D eigenvalue weighted by Gasteiger charge is 2.06. The summed E-state index contributed by atoms with van der Waals surface area (Å²) in [6.07, 6.45) is 1.42. The Morgan fingerprint density at radius 3 is 2.39 bits per heavy atom. The second-order valence-electron chi connectivity index (χ2n) is 4.52. The van der Waals surface area contributed by atoms with Crippen molar-refractivity contribution in [3.8, 4) is 17.9 Å². The summed E-state index contributed by atoms with van der Waals surface area (Å²) in [5, 5.41) is 20.3. The molecular formula is C18H13N3O2. The highest BCUT2D eigenvalue weighted by atomic mass is 16.5. The number of hydrogen-bond donors (Lipinski definition) is 1. The monoisotopic (exact) mass is 303 g/mol. The topological polar surface area (TPSA) is 85.9 Å². The molecule has 0 aliphatic carbocycles. The molecule has 0 heterocycles. The Morgan fingerprint density at radius 2 is 1.70 bits per heavy atom. The fraction of sp³-hybridized carbons (Fsp3) is 0.0556. The Kier molecular flexibility index (Phi) is 5.51. The van der Waals surface area contributed by atoms with Gasteiger partial charge in [-0.3, -0.25) is 4.79 Å². The average Bonchev–Trinajstić information content (AvgIpc) is 2.59. The number of anilines is 1.